The lowest BCUT2D eigenvalue weighted by molar-refractivity contribution is 0.298. The van der Waals surface area contributed by atoms with Gasteiger partial charge in [0, 0.05) is 22.1 Å². The van der Waals surface area contributed by atoms with Crippen molar-refractivity contribution in [2.45, 2.75) is 27.4 Å². The van der Waals surface area contributed by atoms with Crippen LogP contribution in [0.15, 0.2) is 39.5 Å². The molecule has 0 atom stereocenters. The molecule has 1 aromatic heterocycles. The molecule has 124 valence electrons. The van der Waals surface area contributed by atoms with Crippen LogP contribution in [0.4, 0.5) is 4.39 Å². The van der Waals surface area contributed by atoms with Crippen LogP contribution in [-0.4, -0.2) is 0 Å². The van der Waals surface area contributed by atoms with E-state index in [1.807, 2.05) is 13.0 Å². The second-order valence-corrected chi connectivity index (χ2v) is 6.10. The third kappa shape index (κ3) is 2.78. The fraction of sp³-hybridized carbons (Fsp3) is 0.211. The molecule has 0 aliphatic rings. The Morgan fingerprint density at radius 1 is 1.08 bits per heavy atom. The Hall–Kier alpha value is -2.33. The molecule has 0 aliphatic heterocycles. The van der Waals surface area contributed by atoms with Crippen molar-refractivity contribution in [2.24, 2.45) is 0 Å². The lowest BCUT2D eigenvalue weighted by atomic mass is 10.0. The highest BCUT2D eigenvalue weighted by atomic mass is 35.5. The van der Waals surface area contributed by atoms with Crippen molar-refractivity contribution in [1.82, 2.24) is 0 Å². The fourth-order valence-electron chi connectivity index (χ4n) is 2.60. The van der Waals surface area contributed by atoms with Gasteiger partial charge in [0.05, 0.1) is 5.02 Å². The van der Waals surface area contributed by atoms with E-state index in [2.05, 4.69) is 0 Å². The summed E-state index contributed by atoms with van der Waals surface area (Å²) in [5, 5.41) is 1.17. The molecule has 0 N–H and O–H groups in total. The summed E-state index contributed by atoms with van der Waals surface area (Å²) in [7, 11) is 0. The van der Waals surface area contributed by atoms with Gasteiger partial charge in [0.1, 0.15) is 23.8 Å². The van der Waals surface area contributed by atoms with Crippen LogP contribution in [0.2, 0.25) is 5.02 Å². The molecule has 24 heavy (non-hydrogen) atoms. The monoisotopic (exact) mass is 346 g/mol. The number of fused-ring (bicyclic) bond motifs is 1. The summed E-state index contributed by atoms with van der Waals surface area (Å²) < 4.78 is 25.0. The second-order valence-electron chi connectivity index (χ2n) is 5.69. The maximum Gasteiger partial charge on any atom is 0.339 e. The van der Waals surface area contributed by atoms with Crippen molar-refractivity contribution < 1.29 is 13.5 Å². The average molecular weight is 347 g/mol. The lowest BCUT2D eigenvalue weighted by Gasteiger charge is -2.13. The Morgan fingerprint density at radius 3 is 2.54 bits per heavy atom. The molecule has 0 spiro atoms. The van der Waals surface area contributed by atoms with Crippen molar-refractivity contribution in [3.05, 3.63) is 73.8 Å². The van der Waals surface area contributed by atoms with Crippen LogP contribution in [0.5, 0.6) is 5.75 Å². The molecule has 0 bridgehead atoms. The normalized spacial score (nSPS) is 11.0. The van der Waals surface area contributed by atoms with Gasteiger partial charge in [-0.05, 0) is 50.6 Å². The van der Waals surface area contributed by atoms with E-state index < -0.39 is 5.82 Å². The zero-order valence-corrected chi connectivity index (χ0v) is 14.3. The highest BCUT2D eigenvalue weighted by Crippen LogP contribution is 2.30. The zero-order valence-electron chi connectivity index (χ0n) is 13.6. The van der Waals surface area contributed by atoms with Crippen molar-refractivity contribution >= 4 is 22.6 Å². The summed E-state index contributed by atoms with van der Waals surface area (Å²) in [6.45, 7) is 5.42. The van der Waals surface area contributed by atoms with Crippen LogP contribution < -0.4 is 10.4 Å². The van der Waals surface area contributed by atoms with Crippen LogP contribution >= 0.6 is 11.6 Å². The van der Waals surface area contributed by atoms with E-state index in [4.69, 9.17) is 20.8 Å². The number of aryl methyl sites for hydroxylation is 2. The van der Waals surface area contributed by atoms with Crippen molar-refractivity contribution in [3.63, 3.8) is 0 Å². The SMILES string of the molecule is Cc1c(C)c2ccc(OCc3c(F)cccc3Cl)c(C)c2oc1=O. The first-order valence-corrected chi connectivity index (χ1v) is 7.87. The Bertz CT molecular complexity index is 972. The molecular formula is C19H16ClFO3. The minimum absolute atomic E-state index is 0.00701. The first-order chi connectivity index (χ1) is 11.4. The van der Waals surface area contributed by atoms with E-state index >= 15 is 0 Å². The smallest absolute Gasteiger partial charge is 0.339 e. The van der Waals surface area contributed by atoms with Gasteiger partial charge in [-0.25, -0.2) is 9.18 Å². The molecule has 0 unspecified atom stereocenters. The van der Waals surface area contributed by atoms with Crippen LogP contribution in [0, 0.1) is 26.6 Å². The summed E-state index contributed by atoms with van der Waals surface area (Å²) >= 11 is 6.01. The predicted octanol–water partition coefficient (Wildman–Crippen LogP) is 5.09. The molecule has 0 saturated carbocycles. The molecule has 0 fully saturated rings. The number of hydrogen-bond acceptors (Lipinski definition) is 3. The van der Waals surface area contributed by atoms with E-state index in [9.17, 15) is 9.18 Å². The molecule has 3 rings (SSSR count). The number of halogens is 2. The van der Waals surface area contributed by atoms with Gasteiger partial charge < -0.3 is 9.15 Å². The summed E-state index contributed by atoms with van der Waals surface area (Å²) in [5.41, 5.74) is 2.58. The third-order valence-electron chi connectivity index (χ3n) is 4.26. The third-order valence-corrected chi connectivity index (χ3v) is 4.61. The standard InChI is InChI=1S/C19H16ClFO3/c1-10-11(2)19(22)24-18-12(3)17(8-7-13(10)18)23-9-14-15(20)5-4-6-16(14)21/h4-8H,9H2,1-3H3. The van der Waals surface area contributed by atoms with E-state index in [-0.39, 0.29) is 12.2 Å². The summed E-state index contributed by atoms with van der Waals surface area (Å²) in [5.74, 6) is 0.104. The van der Waals surface area contributed by atoms with Crippen molar-refractivity contribution in [2.75, 3.05) is 0 Å². The van der Waals surface area contributed by atoms with Gasteiger partial charge in [0.15, 0.2) is 0 Å². The minimum Gasteiger partial charge on any atom is -0.488 e. The van der Waals surface area contributed by atoms with E-state index in [0.29, 0.717) is 33.0 Å². The lowest BCUT2D eigenvalue weighted by Crippen LogP contribution is -2.07. The second kappa shape index (κ2) is 6.29. The largest absolute Gasteiger partial charge is 0.488 e. The molecule has 0 amide bonds. The summed E-state index contributed by atoms with van der Waals surface area (Å²) in [4.78, 5) is 11.9. The Balaban J connectivity index is 2.01. The Morgan fingerprint density at radius 2 is 1.83 bits per heavy atom. The highest BCUT2D eigenvalue weighted by Gasteiger charge is 2.14. The molecule has 5 heteroatoms. The van der Waals surface area contributed by atoms with Gasteiger partial charge in [0.2, 0.25) is 0 Å². The minimum atomic E-state index is -0.418. The van der Waals surface area contributed by atoms with Crippen molar-refractivity contribution in [3.8, 4) is 5.75 Å². The van der Waals surface area contributed by atoms with Gasteiger partial charge in [-0.15, -0.1) is 0 Å². The molecule has 2 aromatic carbocycles. The average Bonchev–Trinajstić information content (AvgIpc) is 2.55. The molecular weight excluding hydrogens is 331 g/mol. The van der Waals surface area contributed by atoms with Crippen LogP contribution in [0.25, 0.3) is 11.0 Å². The molecule has 0 aliphatic carbocycles. The van der Waals surface area contributed by atoms with Gasteiger partial charge >= 0.3 is 5.63 Å². The van der Waals surface area contributed by atoms with Crippen LogP contribution in [0.3, 0.4) is 0 Å². The molecule has 1 heterocycles. The molecule has 3 aromatic rings. The van der Waals surface area contributed by atoms with Gasteiger partial charge in [0.25, 0.3) is 0 Å². The van der Waals surface area contributed by atoms with E-state index in [1.54, 1.807) is 32.0 Å². The van der Waals surface area contributed by atoms with Gasteiger partial charge in [-0.3, -0.25) is 0 Å². The maximum absolute atomic E-state index is 13.8. The fourth-order valence-corrected chi connectivity index (χ4v) is 2.82. The van der Waals surface area contributed by atoms with Gasteiger partial charge in [-0.1, -0.05) is 17.7 Å². The Labute approximate surface area is 143 Å². The van der Waals surface area contributed by atoms with Crippen LogP contribution in [-0.2, 0) is 6.61 Å². The van der Waals surface area contributed by atoms with Gasteiger partial charge in [-0.2, -0.15) is 0 Å². The number of hydrogen-bond donors (Lipinski definition) is 0. The molecule has 0 radical (unpaired) electrons. The predicted molar refractivity (Wildman–Crippen MR) is 92.4 cm³/mol. The van der Waals surface area contributed by atoms with Crippen LogP contribution in [0.1, 0.15) is 22.3 Å². The number of ether oxygens (including phenoxy) is 1. The quantitative estimate of drug-likeness (QED) is 0.620. The maximum atomic E-state index is 13.8. The van der Waals surface area contributed by atoms with E-state index in [0.717, 1.165) is 10.9 Å². The van der Waals surface area contributed by atoms with Crippen molar-refractivity contribution in [1.29, 1.82) is 0 Å². The molecule has 3 nitrogen and oxygen atoms in total. The highest BCUT2D eigenvalue weighted by molar-refractivity contribution is 6.31. The van der Waals surface area contributed by atoms with E-state index in [1.165, 1.54) is 6.07 Å². The zero-order chi connectivity index (χ0) is 17.4. The Kier molecular flexibility index (Phi) is 4.33. The summed E-state index contributed by atoms with van der Waals surface area (Å²) in [6, 6.07) is 8.12. The molecule has 0 saturated heterocycles. The first kappa shape index (κ1) is 16.5. The number of benzene rings is 2. The number of rotatable bonds is 3. The summed E-state index contributed by atoms with van der Waals surface area (Å²) in [6.07, 6.45) is 0. The first-order valence-electron chi connectivity index (χ1n) is 7.49. The topological polar surface area (TPSA) is 39.4 Å².